The quantitative estimate of drug-likeness (QED) is 0.360. The van der Waals surface area contributed by atoms with Crippen LogP contribution in [-0.2, 0) is 14.3 Å². The fourth-order valence-electron chi connectivity index (χ4n) is 0.556. The maximum atomic E-state index is 12.5. The number of unbranched alkanes of at least 4 members (excludes halogenated alkanes) is 1. The molecule has 0 radical (unpaired) electrons. The number of alkyl halides is 1. The normalized spacial score (nSPS) is 12.2. The highest BCUT2D eigenvalue weighted by atomic mass is 19.1. The molecule has 1 unspecified atom stereocenters. The van der Waals surface area contributed by atoms with Crippen LogP contribution in [0.2, 0.25) is 0 Å². The minimum absolute atomic E-state index is 0.184. The molecule has 0 aliphatic heterocycles. The summed E-state index contributed by atoms with van der Waals surface area (Å²) in [7, 11) is 0. The first-order valence-electron chi connectivity index (χ1n) is 3.90. The molecule has 0 saturated heterocycles. The van der Waals surface area contributed by atoms with Crippen molar-refractivity contribution in [2.75, 3.05) is 6.61 Å². The molecule has 0 amide bonds. The van der Waals surface area contributed by atoms with Crippen LogP contribution >= 0.6 is 0 Å². The Morgan fingerprint density at radius 1 is 1.50 bits per heavy atom. The van der Waals surface area contributed by atoms with Crippen LogP contribution in [0.15, 0.2) is 0 Å². The van der Waals surface area contributed by atoms with Crippen molar-refractivity contribution in [3.63, 3.8) is 0 Å². The number of ketones is 1. The predicted molar refractivity (Wildman–Crippen MR) is 41.4 cm³/mol. The Morgan fingerprint density at radius 3 is 2.50 bits per heavy atom. The van der Waals surface area contributed by atoms with Crippen molar-refractivity contribution in [1.29, 1.82) is 0 Å². The van der Waals surface area contributed by atoms with Gasteiger partial charge >= 0.3 is 5.97 Å². The van der Waals surface area contributed by atoms with Gasteiger partial charge in [-0.1, -0.05) is 13.3 Å². The Hall–Kier alpha value is -0.930. The van der Waals surface area contributed by atoms with E-state index in [9.17, 15) is 14.0 Å². The number of hydrogen-bond acceptors (Lipinski definition) is 3. The first-order chi connectivity index (χ1) is 5.59. The topological polar surface area (TPSA) is 43.4 Å². The van der Waals surface area contributed by atoms with E-state index in [1.807, 2.05) is 6.92 Å². The number of halogens is 1. The van der Waals surface area contributed by atoms with E-state index < -0.39 is 17.9 Å². The third-order valence-electron chi connectivity index (χ3n) is 1.31. The van der Waals surface area contributed by atoms with Crippen molar-refractivity contribution in [2.45, 2.75) is 32.9 Å². The smallest absolute Gasteiger partial charge is 0.348 e. The summed E-state index contributed by atoms with van der Waals surface area (Å²) in [5.41, 5.74) is 0. The average Bonchev–Trinajstić information content (AvgIpc) is 2.03. The van der Waals surface area contributed by atoms with Crippen LogP contribution in [-0.4, -0.2) is 24.5 Å². The van der Waals surface area contributed by atoms with Gasteiger partial charge in [0.05, 0.1) is 6.61 Å². The van der Waals surface area contributed by atoms with Gasteiger partial charge in [-0.2, -0.15) is 0 Å². The Bertz CT molecular complexity index is 168. The van der Waals surface area contributed by atoms with Crippen LogP contribution in [0.4, 0.5) is 4.39 Å². The number of hydrogen-bond donors (Lipinski definition) is 0. The highest BCUT2D eigenvalue weighted by Crippen LogP contribution is 1.98. The second kappa shape index (κ2) is 5.69. The van der Waals surface area contributed by atoms with Gasteiger partial charge in [-0.25, -0.2) is 9.18 Å². The van der Waals surface area contributed by atoms with Gasteiger partial charge in [-0.05, 0) is 13.3 Å². The lowest BCUT2D eigenvalue weighted by Gasteiger charge is -2.04. The van der Waals surface area contributed by atoms with Crippen molar-refractivity contribution in [2.24, 2.45) is 0 Å². The summed E-state index contributed by atoms with van der Waals surface area (Å²) in [4.78, 5) is 21.0. The zero-order valence-corrected chi connectivity index (χ0v) is 7.30. The number of esters is 1. The Balaban J connectivity index is 3.65. The Kier molecular flexibility index (Phi) is 5.25. The van der Waals surface area contributed by atoms with Crippen LogP contribution in [0.25, 0.3) is 0 Å². The first-order valence-corrected chi connectivity index (χ1v) is 3.90. The zero-order chi connectivity index (χ0) is 9.56. The summed E-state index contributed by atoms with van der Waals surface area (Å²) in [6.07, 6.45) is -0.553. The minimum atomic E-state index is -2.11. The molecular weight excluding hydrogens is 163 g/mol. The summed E-state index contributed by atoms with van der Waals surface area (Å²) < 4.78 is 17.0. The summed E-state index contributed by atoms with van der Waals surface area (Å²) >= 11 is 0. The summed E-state index contributed by atoms with van der Waals surface area (Å²) in [5.74, 6) is -1.88. The SMILES string of the molecule is CCCCOC(=O)C(F)C(C)=O. The van der Waals surface area contributed by atoms with Crippen LogP contribution in [0.3, 0.4) is 0 Å². The van der Waals surface area contributed by atoms with Crippen LogP contribution in [0, 0.1) is 0 Å². The van der Waals surface area contributed by atoms with Crippen LogP contribution < -0.4 is 0 Å². The van der Waals surface area contributed by atoms with Crippen molar-refractivity contribution in [1.82, 2.24) is 0 Å². The molecule has 0 aromatic rings. The molecule has 70 valence electrons. The number of carbonyl (C=O) groups excluding carboxylic acids is 2. The second-order valence-electron chi connectivity index (χ2n) is 2.49. The molecule has 0 aliphatic rings. The molecule has 0 rings (SSSR count). The largest absolute Gasteiger partial charge is 0.463 e. The standard InChI is InChI=1S/C8H13FO3/c1-3-4-5-12-8(11)7(9)6(2)10/h7H,3-5H2,1-2H3. The van der Waals surface area contributed by atoms with Gasteiger partial charge in [-0.15, -0.1) is 0 Å². The van der Waals surface area contributed by atoms with Gasteiger partial charge in [0.15, 0.2) is 5.78 Å². The van der Waals surface area contributed by atoms with E-state index in [1.165, 1.54) is 0 Å². The molecule has 0 heterocycles. The molecule has 1 atom stereocenters. The Labute approximate surface area is 70.9 Å². The lowest BCUT2D eigenvalue weighted by Crippen LogP contribution is -2.25. The van der Waals surface area contributed by atoms with Gasteiger partial charge < -0.3 is 4.74 Å². The Morgan fingerprint density at radius 2 is 2.08 bits per heavy atom. The van der Waals surface area contributed by atoms with Gasteiger partial charge in [0.2, 0.25) is 0 Å². The molecule has 0 bridgehead atoms. The van der Waals surface area contributed by atoms with Gasteiger partial charge in [-0.3, -0.25) is 4.79 Å². The first kappa shape index (κ1) is 11.1. The zero-order valence-electron chi connectivity index (χ0n) is 7.30. The predicted octanol–water partition coefficient (Wildman–Crippen LogP) is 1.26. The molecule has 0 N–H and O–H groups in total. The molecule has 0 saturated carbocycles. The monoisotopic (exact) mass is 176 g/mol. The lowest BCUT2D eigenvalue weighted by atomic mass is 10.3. The number of carbonyl (C=O) groups is 2. The van der Waals surface area contributed by atoms with E-state index in [-0.39, 0.29) is 6.61 Å². The maximum absolute atomic E-state index is 12.5. The molecule has 4 heteroatoms. The molecule has 0 aliphatic carbocycles. The molecule has 12 heavy (non-hydrogen) atoms. The van der Waals surface area contributed by atoms with E-state index in [2.05, 4.69) is 4.74 Å². The van der Waals surface area contributed by atoms with E-state index >= 15 is 0 Å². The third kappa shape index (κ3) is 4.05. The van der Waals surface area contributed by atoms with Crippen molar-refractivity contribution >= 4 is 11.8 Å². The minimum Gasteiger partial charge on any atom is -0.463 e. The number of Topliss-reactive ketones (excluding diaryl/α,β-unsaturated/α-hetero) is 1. The van der Waals surface area contributed by atoms with Gasteiger partial charge in [0.25, 0.3) is 6.17 Å². The lowest BCUT2D eigenvalue weighted by molar-refractivity contribution is -0.152. The van der Waals surface area contributed by atoms with Gasteiger partial charge in [0, 0.05) is 0 Å². The molecule has 3 nitrogen and oxygen atoms in total. The summed E-state index contributed by atoms with van der Waals surface area (Å²) in [6.45, 7) is 3.13. The van der Waals surface area contributed by atoms with Crippen LogP contribution in [0.5, 0.6) is 0 Å². The highest BCUT2D eigenvalue weighted by Gasteiger charge is 2.23. The average molecular weight is 176 g/mol. The van der Waals surface area contributed by atoms with Crippen LogP contribution in [0.1, 0.15) is 26.7 Å². The molecule has 0 fully saturated rings. The number of rotatable bonds is 5. The van der Waals surface area contributed by atoms with E-state index in [0.29, 0.717) is 6.42 Å². The second-order valence-corrected chi connectivity index (χ2v) is 2.49. The van der Waals surface area contributed by atoms with E-state index in [4.69, 9.17) is 0 Å². The van der Waals surface area contributed by atoms with Crippen molar-refractivity contribution < 1.29 is 18.7 Å². The van der Waals surface area contributed by atoms with Crippen molar-refractivity contribution in [3.8, 4) is 0 Å². The number of ether oxygens (including phenoxy) is 1. The van der Waals surface area contributed by atoms with Crippen molar-refractivity contribution in [3.05, 3.63) is 0 Å². The van der Waals surface area contributed by atoms with Gasteiger partial charge in [0.1, 0.15) is 0 Å². The van der Waals surface area contributed by atoms with E-state index in [0.717, 1.165) is 13.3 Å². The molecule has 0 spiro atoms. The fraction of sp³-hybridized carbons (Fsp3) is 0.750. The molecular formula is C8H13FO3. The summed E-state index contributed by atoms with van der Waals surface area (Å²) in [5, 5.41) is 0. The third-order valence-corrected chi connectivity index (χ3v) is 1.31. The van der Waals surface area contributed by atoms with E-state index in [1.54, 1.807) is 0 Å². The molecule has 0 aromatic carbocycles. The fourth-order valence-corrected chi connectivity index (χ4v) is 0.556. The molecule has 0 aromatic heterocycles. The maximum Gasteiger partial charge on any atom is 0.348 e. The summed E-state index contributed by atoms with van der Waals surface area (Å²) in [6, 6.07) is 0. The highest BCUT2D eigenvalue weighted by molar-refractivity contribution is 6.00.